The molecular weight excluding hydrogens is 408 g/mol. The normalized spacial score (nSPS) is 13.3. The summed E-state index contributed by atoms with van der Waals surface area (Å²) < 4.78 is 63.1. The number of carbonyl (C=O) groups excluding carboxylic acids is 1. The molecule has 0 bridgehead atoms. The quantitative estimate of drug-likeness (QED) is 0.416. The molecule has 1 atom stereocenters. The molecule has 0 aromatic heterocycles. The zero-order valence-electron chi connectivity index (χ0n) is 17.1. The number of alkyl halides is 2. The van der Waals surface area contributed by atoms with Crippen molar-refractivity contribution in [1.82, 2.24) is 5.32 Å². The van der Waals surface area contributed by atoms with Gasteiger partial charge in [-0.3, -0.25) is 4.18 Å². The largest absolute Gasteiger partial charge is 0.444 e. The number of aryl methyl sites for hydroxylation is 1. The molecular formula is C19H29F2NO6S. The van der Waals surface area contributed by atoms with Crippen molar-refractivity contribution in [3.8, 4) is 0 Å². The van der Waals surface area contributed by atoms with E-state index in [-0.39, 0.29) is 31.0 Å². The van der Waals surface area contributed by atoms with Gasteiger partial charge in [0.15, 0.2) is 0 Å². The summed E-state index contributed by atoms with van der Waals surface area (Å²) in [6.45, 7) is 3.66. The first kappa shape index (κ1) is 25.3. The van der Waals surface area contributed by atoms with E-state index in [9.17, 15) is 22.0 Å². The molecule has 0 saturated heterocycles. The second-order valence-corrected chi connectivity index (χ2v) is 9.11. The minimum absolute atomic E-state index is 0.0527. The van der Waals surface area contributed by atoms with Crippen molar-refractivity contribution >= 4 is 16.2 Å². The van der Waals surface area contributed by atoms with E-state index in [1.54, 1.807) is 32.9 Å². The van der Waals surface area contributed by atoms with Crippen molar-refractivity contribution in [3.63, 3.8) is 0 Å². The maximum atomic E-state index is 12.2. The van der Waals surface area contributed by atoms with Gasteiger partial charge >= 0.3 is 12.7 Å². The maximum Gasteiger partial charge on any atom is 0.407 e. The second-order valence-electron chi connectivity index (χ2n) is 7.49. The molecule has 0 saturated carbocycles. The van der Waals surface area contributed by atoms with Crippen LogP contribution >= 0.6 is 0 Å². The molecule has 1 N–H and O–H groups in total. The average Bonchev–Trinajstić information content (AvgIpc) is 2.56. The Morgan fingerprint density at radius 2 is 1.72 bits per heavy atom. The monoisotopic (exact) mass is 437 g/mol. The molecule has 1 aromatic carbocycles. The minimum atomic E-state index is -3.89. The van der Waals surface area contributed by atoms with Crippen LogP contribution in [0.3, 0.4) is 0 Å². The van der Waals surface area contributed by atoms with E-state index < -0.39 is 34.5 Å². The van der Waals surface area contributed by atoms with Crippen LogP contribution in [0, 0.1) is 6.92 Å². The Hall–Kier alpha value is -1.78. The number of halogens is 2. The zero-order valence-corrected chi connectivity index (χ0v) is 17.9. The predicted molar refractivity (Wildman–Crippen MR) is 103 cm³/mol. The lowest BCUT2D eigenvalue weighted by molar-refractivity contribution is -0.130. The topological polar surface area (TPSA) is 90.9 Å². The third-order valence-electron chi connectivity index (χ3n) is 3.68. The molecule has 0 aliphatic rings. The minimum Gasteiger partial charge on any atom is -0.444 e. The molecule has 10 heteroatoms. The molecule has 166 valence electrons. The summed E-state index contributed by atoms with van der Waals surface area (Å²) in [5.74, 6) is 0. The van der Waals surface area contributed by atoms with Crippen LogP contribution < -0.4 is 5.32 Å². The van der Waals surface area contributed by atoms with Crippen LogP contribution in [-0.2, 0) is 23.8 Å². The van der Waals surface area contributed by atoms with E-state index in [2.05, 4.69) is 10.1 Å². The van der Waals surface area contributed by atoms with E-state index in [1.807, 2.05) is 6.92 Å². The summed E-state index contributed by atoms with van der Waals surface area (Å²) in [6.07, 6.45) is 0.0109. The second kappa shape index (κ2) is 11.4. The lowest BCUT2D eigenvalue weighted by atomic mass is 10.1. The predicted octanol–water partition coefficient (Wildman–Crippen LogP) is 4.00. The van der Waals surface area contributed by atoms with Crippen LogP contribution in [0.1, 0.15) is 45.6 Å². The molecule has 0 unspecified atom stereocenters. The summed E-state index contributed by atoms with van der Waals surface area (Å²) in [5.41, 5.74) is 0.213. The highest BCUT2D eigenvalue weighted by Gasteiger charge is 2.20. The van der Waals surface area contributed by atoms with Crippen LogP contribution in [0.15, 0.2) is 29.2 Å². The van der Waals surface area contributed by atoms with Gasteiger partial charge in [-0.1, -0.05) is 17.7 Å². The highest BCUT2D eigenvalue weighted by atomic mass is 32.2. The molecule has 7 nitrogen and oxygen atoms in total. The summed E-state index contributed by atoms with van der Waals surface area (Å²) in [4.78, 5) is 12.0. The number of alkyl carbamates (subject to hydrolysis) is 1. The SMILES string of the molecule is Cc1ccc(S(=O)(=O)OCCC[C@H](CCOC(F)F)NC(=O)OC(C)(C)C)cc1. The van der Waals surface area contributed by atoms with Crippen LogP contribution in [0.2, 0.25) is 0 Å². The number of nitrogens with one attached hydrogen (secondary N) is 1. The number of benzene rings is 1. The van der Waals surface area contributed by atoms with Gasteiger partial charge in [-0.15, -0.1) is 0 Å². The first-order valence-electron chi connectivity index (χ1n) is 9.24. The molecule has 0 aliphatic carbocycles. The van der Waals surface area contributed by atoms with Gasteiger partial charge in [0.05, 0.1) is 18.1 Å². The highest BCUT2D eigenvalue weighted by Crippen LogP contribution is 2.15. The Balaban J connectivity index is 2.54. The van der Waals surface area contributed by atoms with Gasteiger partial charge < -0.3 is 14.8 Å². The third-order valence-corrected chi connectivity index (χ3v) is 5.00. The fraction of sp³-hybridized carbons (Fsp3) is 0.632. The number of hydrogen-bond donors (Lipinski definition) is 1. The van der Waals surface area contributed by atoms with Crippen molar-refractivity contribution in [2.45, 2.75) is 70.1 Å². The van der Waals surface area contributed by atoms with E-state index in [0.717, 1.165) is 5.56 Å². The Labute approximate surface area is 170 Å². The Bertz CT molecular complexity index is 732. The fourth-order valence-corrected chi connectivity index (χ4v) is 3.28. The Morgan fingerprint density at radius 3 is 2.28 bits per heavy atom. The van der Waals surface area contributed by atoms with Gasteiger partial charge in [0.25, 0.3) is 10.1 Å². The smallest absolute Gasteiger partial charge is 0.407 e. The van der Waals surface area contributed by atoms with Gasteiger partial charge in [-0.05, 0) is 59.1 Å². The van der Waals surface area contributed by atoms with Gasteiger partial charge in [0, 0.05) is 6.04 Å². The van der Waals surface area contributed by atoms with Gasteiger partial charge in [0.2, 0.25) is 0 Å². The average molecular weight is 438 g/mol. The lowest BCUT2D eigenvalue weighted by Crippen LogP contribution is -2.40. The lowest BCUT2D eigenvalue weighted by Gasteiger charge is -2.23. The Kier molecular flexibility index (Phi) is 9.94. The van der Waals surface area contributed by atoms with Crippen LogP contribution in [0.5, 0.6) is 0 Å². The van der Waals surface area contributed by atoms with Crippen LogP contribution in [0.25, 0.3) is 0 Å². The van der Waals surface area contributed by atoms with Crippen LogP contribution in [0.4, 0.5) is 13.6 Å². The van der Waals surface area contributed by atoms with E-state index >= 15 is 0 Å². The van der Waals surface area contributed by atoms with Crippen LogP contribution in [-0.4, -0.2) is 46.0 Å². The molecule has 1 aromatic rings. The molecule has 1 rings (SSSR count). The zero-order chi connectivity index (χ0) is 22.1. The molecule has 0 radical (unpaired) electrons. The molecule has 29 heavy (non-hydrogen) atoms. The number of rotatable bonds is 11. The summed E-state index contributed by atoms with van der Waals surface area (Å²) >= 11 is 0. The standard InChI is InChI=1S/C19H29F2NO6S/c1-14-7-9-16(10-8-14)29(24,25)27-12-5-6-15(11-13-26-17(20)21)22-18(23)28-19(2,3)4/h7-10,15,17H,5-6,11-13H2,1-4H3,(H,22,23)/t15-/m1/s1. The fourth-order valence-electron chi connectivity index (χ4n) is 2.33. The Morgan fingerprint density at radius 1 is 1.10 bits per heavy atom. The summed E-state index contributed by atoms with van der Waals surface area (Å²) in [5, 5.41) is 2.59. The van der Waals surface area contributed by atoms with Gasteiger partial charge in [-0.25, -0.2) is 4.79 Å². The molecule has 0 spiro atoms. The number of amides is 1. The number of hydrogen-bond acceptors (Lipinski definition) is 6. The van der Waals surface area contributed by atoms with E-state index in [1.165, 1.54) is 12.1 Å². The summed E-state index contributed by atoms with van der Waals surface area (Å²) in [7, 11) is -3.89. The highest BCUT2D eigenvalue weighted by molar-refractivity contribution is 7.86. The van der Waals surface area contributed by atoms with Crippen molar-refractivity contribution in [2.24, 2.45) is 0 Å². The van der Waals surface area contributed by atoms with Gasteiger partial charge in [0.1, 0.15) is 5.60 Å². The van der Waals surface area contributed by atoms with Crippen molar-refractivity contribution < 1.29 is 35.6 Å². The van der Waals surface area contributed by atoms with Gasteiger partial charge in [-0.2, -0.15) is 17.2 Å². The summed E-state index contributed by atoms with van der Waals surface area (Å²) in [6, 6.07) is 5.72. The third kappa shape index (κ3) is 11.1. The van der Waals surface area contributed by atoms with Crippen molar-refractivity contribution in [1.29, 1.82) is 0 Å². The first-order chi connectivity index (χ1) is 13.4. The van der Waals surface area contributed by atoms with E-state index in [0.29, 0.717) is 6.42 Å². The van der Waals surface area contributed by atoms with Crippen molar-refractivity contribution in [3.05, 3.63) is 29.8 Å². The maximum absolute atomic E-state index is 12.2. The van der Waals surface area contributed by atoms with Crippen molar-refractivity contribution in [2.75, 3.05) is 13.2 Å². The molecule has 1 amide bonds. The van der Waals surface area contributed by atoms with E-state index in [4.69, 9.17) is 8.92 Å². The number of carbonyl (C=O) groups is 1. The first-order valence-corrected chi connectivity index (χ1v) is 10.7. The molecule has 0 aliphatic heterocycles. The number of ether oxygens (including phenoxy) is 2. The molecule has 0 fully saturated rings. The molecule has 0 heterocycles.